The maximum Gasteiger partial charge on any atom is 0.153 e. The molecule has 1 fully saturated rings. The lowest BCUT2D eigenvalue weighted by molar-refractivity contribution is 0.282. The van der Waals surface area contributed by atoms with Crippen molar-refractivity contribution in [2.75, 3.05) is 0 Å². The van der Waals surface area contributed by atoms with Crippen molar-refractivity contribution in [3.05, 3.63) is 29.6 Å². The summed E-state index contributed by atoms with van der Waals surface area (Å²) in [4.78, 5) is 4.26. The van der Waals surface area contributed by atoms with Crippen molar-refractivity contribution in [1.29, 1.82) is 0 Å². The highest BCUT2D eigenvalue weighted by Gasteiger charge is 2.21. The molecule has 2 aromatic rings. The lowest BCUT2D eigenvalue weighted by atomic mass is 9.83. The van der Waals surface area contributed by atoms with Crippen molar-refractivity contribution in [3.8, 4) is 0 Å². The molecular weight excluding hydrogens is 282 g/mol. The molecule has 0 amide bonds. The zero-order valence-corrected chi connectivity index (χ0v) is 12.1. The normalized spacial score (nSPS) is 17.4. The Morgan fingerprint density at radius 1 is 1.40 bits per heavy atom. The zero-order chi connectivity index (χ0) is 14.3. The van der Waals surface area contributed by atoms with E-state index in [-0.39, 0.29) is 10.9 Å². The molecule has 1 aromatic carbocycles. The SMILES string of the molecule is CC(Cl)c1nc2c(F)cc(F)cc2n1CCC1CCC1. The van der Waals surface area contributed by atoms with E-state index in [9.17, 15) is 8.78 Å². The van der Waals surface area contributed by atoms with E-state index in [1.54, 1.807) is 6.92 Å². The van der Waals surface area contributed by atoms with Gasteiger partial charge in [-0.1, -0.05) is 19.3 Å². The molecule has 1 atom stereocenters. The predicted octanol–water partition coefficient (Wildman–Crippen LogP) is 4.80. The number of alkyl halides is 1. The highest BCUT2D eigenvalue weighted by Crippen LogP contribution is 2.32. The monoisotopic (exact) mass is 298 g/mol. The van der Waals surface area contributed by atoms with Gasteiger partial charge in [0.25, 0.3) is 0 Å². The van der Waals surface area contributed by atoms with Gasteiger partial charge in [-0.2, -0.15) is 0 Å². The maximum absolute atomic E-state index is 13.8. The van der Waals surface area contributed by atoms with Crippen molar-refractivity contribution < 1.29 is 8.78 Å². The topological polar surface area (TPSA) is 17.8 Å². The van der Waals surface area contributed by atoms with Crippen LogP contribution in [0.4, 0.5) is 8.78 Å². The first-order valence-corrected chi connectivity index (χ1v) is 7.49. The van der Waals surface area contributed by atoms with Crippen LogP contribution < -0.4 is 0 Å². The summed E-state index contributed by atoms with van der Waals surface area (Å²) >= 11 is 6.14. The summed E-state index contributed by atoms with van der Waals surface area (Å²) in [6, 6.07) is 2.21. The van der Waals surface area contributed by atoms with Gasteiger partial charge in [0.1, 0.15) is 17.2 Å². The molecule has 0 saturated heterocycles. The third-order valence-electron chi connectivity index (χ3n) is 4.14. The summed E-state index contributed by atoms with van der Waals surface area (Å²) in [6.07, 6.45) is 4.81. The summed E-state index contributed by atoms with van der Waals surface area (Å²) in [7, 11) is 0. The zero-order valence-electron chi connectivity index (χ0n) is 11.4. The highest BCUT2D eigenvalue weighted by molar-refractivity contribution is 6.20. The molecule has 108 valence electrons. The van der Waals surface area contributed by atoms with Crippen LogP contribution in [-0.4, -0.2) is 9.55 Å². The van der Waals surface area contributed by atoms with Crippen molar-refractivity contribution >= 4 is 22.6 Å². The van der Waals surface area contributed by atoms with Gasteiger partial charge in [-0.3, -0.25) is 0 Å². The van der Waals surface area contributed by atoms with Gasteiger partial charge in [0.2, 0.25) is 0 Å². The Morgan fingerprint density at radius 3 is 2.75 bits per heavy atom. The van der Waals surface area contributed by atoms with Gasteiger partial charge in [0.05, 0.1) is 10.9 Å². The fourth-order valence-corrected chi connectivity index (χ4v) is 2.97. The third-order valence-corrected chi connectivity index (χ3v) is 4.34. The van der Waals surface area contributed by atoms with Crippen LogP contribution in [0.15, 0.2) is 12.1 Å². The van der Waals surface area contributed by atoms with Crippen LogP contribution in [0.3, 0.4) is 0 Å². The van der Waals surface area contributed by atoms with E-state index in [4.69, 9.17) is 11.6 Å². The molecule has 3 rings (SSSR count). The van der Waals surface area contributed by atoms with Crippen molar-refractivity contribution in [2.24, 2.45) is 5.92 Å². The molecule has 20 heavy (non-hydrogen) atoms. The first-order valence-electron chi connectivity index (χ1n) is 7.05. The van der Waals surface area contributed by atoms with E-state index >= 15 is 0 Å². The van der Waals surface area contributed by atoms with Crippen molar-refractivity contribution in [2.45, 2.75) is 44.5 Å². The number of imidazole rings is 1. The summed E-state index contributed by atoms with van der Waals surface area (Å²) in [5.41, 5.74) is 0.715. The van der Waals surface area contributed by atoms with Gasteiger partial charge >= 0.3 is 0 Å². The van der Waals surface area contributed by atoms with Crippen molar-refractivity contribution in [1.82, 2.24) is 9.55 Å². The fraction of sp³-hybridized carbons (Fsp3) is 0.533. The number of benzene rings is 1. The quantitative estimate of drug-likeness (QED) is 0.741. The molecule has 0 radical (unpaired) electrons. The van der Waals surface area contributed by atoms with Gasteiger partial charge in [-0.25, -0.2) is 13.8 Å². The number of rotatable bonds is 4. The van der Waals surface area contributed by atoms with E-state index < -0.39 is 11.6 Å². The Kier molecular flexibility index (Phi) is 3.67. The van der Waals surface area contributed by atoms with Gasteiger partial charge in [0, 0.05) is 12.6 Å². The lowest BCUT2D eigenvalue weighted by Crippen LogP contribution is -2.15. The summed E-state index contributed by atoms with van der Waals surface area (Å²) in [5.74, 6) is 0.143. The Bertz CT molecular complexity index is 632. The maximum atomic E-state index is 13.8. The average molecular weight is 299 g/mol. The number of halogens is 3. The second-order valence-electron chi connectivity index (χ2n) is 5.58. The number of hydrogen-bond donors (Lipinski definition) is 0. The minimum absolute atomic E-state index is 0.211. The Morgan fingerprint density at radius 2 is 2.15 bits per heavy atom. The molecule has 1 heterocycles. The van der Waals surface area contributed by atoms with E-state index in [0.717, 1.165) is 24.9 Å². The first-order chi connectivity index (χ1) is 9.56. The van der Waals surface area contributed by atoms with Gasteiger partial charge < -0.3 is 4.57 Å². The second-order valence-corrected chi connectivity index (χ2v) is 6.23. The number of aryl methyl sites for hydroxylation is 1. The van der Waals surface area contributed by atoms with Crippen LogP contribution in [0, 0.1) is 17.6 Å². The van der Waals surface area contributed by atoms with Crippen LogP contribution in [0.5, 0.6) is 0 Å². The number of fused-ring (bicyclic) bond motifs is 1. The summed E-state index contributed by atoms with van der Waals surface area (Å²) < 4.78 is 29.1. The molecule has 5 heteroatoms. The second kappa shape index (κ2) is 5.32. The largest absolute Gasteiger partial charge is 0.327 e. The van der Waals surface area contributed by atoms with Crippen LogP contribution in [-0.2, 0) is 6.54 Å². The first kappa shape index (κ1) is 13.8. The molecule has 1 aromatic heterocycles. The molecular formula is C15H17ClF2N2. The average Bonchev–Trinajstić information content (AvgIpc) is 2.66. The van der Waals surface area contributed by atoms with Crippen LogP contribution >= 0.6 is 11.6 Å². The van der Waals surface area contributed by atoms with Gasteiger partial charge in [-0.15, -0.1) is 11.6 Å². The number of aromatic nitrogens is 2. The van der Waals surface area contributed by atoms with Crippen LogP contribution in [0.1, 0.15) is 43.8 Å². The van der Waals surface area contributed by atoms with Gasteiger partial charge in [-0.05, 0) is 25.3 Å². The van der Waals surface area contributed by atoms with E-state index in [2.05, 4.69) is 4.98 Å². The van der Waals surface area contributed by atoms with E-state index in [1.807, 2.05) is 4.57 Å². The van der Waals surface area contributed by atoms with Crippen LogP contribution in [0.25, 0.3) is 11.0 Å². The molecule has 1 aliphatic rings. The highest BCUT2D eigenvalue weighted by atomic mass is 35.5. The Hall–Kier alpha value is -1.16. The molecule has 0 N–H and O–H groups in total. The van der Waals surface area contributed by atoms with E-state index in [1.165, 1.54) is 25.3 Å². The molecule has 1 aliphatic carbocycles. The fourth-order valence-electron chi connectivity index (χ4n) is 2.80. The Labute approximate surface area is 121 Å². The molecule has 2 nitrogen and oxygen atoms in total. The molecule has 0 aliphatic heterocycles. The van der Waals surface area contributed by atoms with Crippen molar-refractivity contribution in [3.63, 3.8) is 0 Å². The summed E-state index contributed by atoms with van der Waals surface area (Å²) in [5, 5.41) is -0.328. The number of nitrogens with zero attached hydrogens (tertiary/aromatic N) is 2. The smallest absolute Gasteiger partial charge is 0.153 e. The molecule has 1 saturated carbocycles. The number of hydrogen-bond acceptors (Lipinski definition) is 1. The van der Waals surface area contributed by atoms with Crippen LogP contribution in [0.2, 0.25) is 0 Å². The minimum atomic E-state index is -0.624. The molecule has 0 bridgehead atoms. The Balaban J connectivity index is 2.02. The standard InChI is InChI=1S/C15H17ClF2N2/c1-9(16)15-19-14-12(18)7-11(17)8-13(14)20(15)6-5-10-3-2-4-10/h7-10H,2-6H2,1H3. The molecule has 1 unspecified atom stereocenters. The predicted molar refractivity (Wildman–Crippen MR) is 75.9 cm³/mol. The third kappa shape index (κ3) is 2.41. The minimum Gasteiger partial charge on any atom is -0.327 e. The lowest BCUT2D eigenvalue weighted by Gasteiger charge is -2.25. The van der Waals surface area contributed by atoms with E-state index in [0.29, 0.717) is 11.3 Å². The van der Waals surface area contributed by atoms with Gasteiger partial charge in [0.15, 0.2) is 5.82 Å². The summed E-state index contributed by atoms with van der Waals surface area (Å²) in [6.45, 7) is 2.52. The molecule has 0 spiro atoms.